The summed E-state index contributed by atoms with van der Waals surface area (Å²) in [7, 11) is 0.399. The molecule has 3 aromatic carbocycles. The van der Waals surface area contributed by atoms with Crippen LogP contribution in [0.2, 0.25) is 0 Å². The number of nitrogens with one attached hydrogen (secondary N) is 1. The van der Waals surface area contributed by atoms with E-state index in [0.29, 0.717) is 23.4 Å². The number of carbonyl (C=O) groups excluding carboxylic acids is 1. The molecule has 3 aromatic rings. The highest BCUT2D eigenvalue weighted by atomic mass is 32.2. The number of halogens is 1. The second kappa shape index (κ2) is 11.7. The fraction of sp³-hybridized carbons (Fsp3) is 0.240. The van der Waals surface area contributed by atoms with E-state index in [4.69, 9.17) is 9.47 Å². The fourth-order valence-corrected chi connectivity index (χ4v) is 4.28. The van der Waals surface area contributed by atoms with E-state index < -0.39 is 16.0 Å². The molecule has 1 N–H and O–H groups in total. The number of amides is 1. The van der Waals surface area contributed by atoms with Crippen LogP contribution in [-0.4, -0.2) is 53.0 Å². The molecule has 0 aromatic heterocycles. The molecule has 0 saturated heterocycles. The Hall–Kier alpha value is -3.63. The Morgan fingerprint density at radius 1 is 0.943 bits per heavy atom. The molecule has 3 rings (SSSR count). The Morgan fingerprint density at radius 2 is 1.57 bits per heavy atom. The normalized spacial score (nSPS) is 11.2. The maximum absolute atomic E-state index is 14.4. The lowest BCUT2D eigenvalue weighted by Gasteiger charge is -2.27. The molecule has 0 fully saturated rings. The monoisotopic (exact) mass is 501 g/mol. The summed E-state index contributed by atoms with van der Waals surface area (Å²) in [6.45, 7) is 0.490. The third kappa shape index (κ3) is 6.71. The highest BCUT2D eigenvalue weighted by molar-refractivity contribution is 7.90. The first-order valence-corrected chi connectivity index (χ1v) is 12.2. The number of hydrogen-bond donors (Lipinski definition) is 1. The van der Waals surface area contributed by atoms with Crippen molar-refractivity contribution in [3.63, 3.8) is 0 Å². The third-order valence-corrected chi connectivity index (χ3v) is 6.92. The summed E-state index contributed by atoms with van der Waals surface area (Å²) in [6.07, 6.45) is 0. The molecule has 1 amide bonds. The van der Waals surface area contributed by atoms with Gasteiger partial charge in [-0.1, -0.05) is 24.3 Å². The Labute approximate surface area is 205 Å². The minimum atomic E-state index is -3.95. The first kappa shape index (κ1) is 26.0. The van der Waals surface area contributed by atoms with Gasteiger partial charge >= 0.3 is 10.2 Å². The molecular formula is C25H28FN3O5S. The smallest absolute Gasteiger partial charge is 0.303 e. The standard InChI is InChI=1S/C25H28FN3O5S/c1-28(2)35(31,32)29(24-7-5-4-6-23(24)26)18-19-8-10-20(11-9-19)25(30)27-16-17-34-22-14-12-21(33-3)13-15-22/h4-15H,16-18H2,1-3H3,(H,27,30). The van der Waals surface area contributed by atoms with E-state index in [0.717, 1.165) is 14.4 Å². The number of benzene rings is 3. The first-order valence-electron chi connectivity index (χ1n) is 10.8. The van der Waals surface area contributed by atoms with Gasteiger partial charge in [-0.2, -0.15) is 12.7 Å². The lowest BCUT2D eigenvalue weighted by Crippen LogP contribution is -2.40. The van der Waals surface area contributed by atoms with Gasteiger partial charge in [0.05, 0.1) is 25.9 Å². The molecule has 0 heterocycles. The van der Waals surface area contributed by atoms with Gasteiger partial charge in [0.15, 0.2) is 0 Å². The quantitative estimate of drug-likeness (QED) is 0.407. The molecule has 35 heavy (non-hydrogen) atoms. The zero-order valence-corrected chi connectivity index (χ0v) is 20.6. The number of ether oxygens (including phenoxy) is 2. The SMILES string of the molecule is COc1ccc(OCCNC(=O)c2ccc(CN(c3ccccc3F)S(=O)(=O)N(C)C)cc2)cc1. The zero-order valence-electron chi connectivity index (χ0n) is 19.8. The number of rotatable bonds is 11. The van der Waals surface area contributed by atoms with Gasteiger partial charge in [-0.25, -0.2) is 4.39 Å². The van der Waals surface area contributed by atoms with Gasteiger partial charge in [0.1, 0.15) is 23.9 Å². The van der Waals surface area contributed by atoms with E-state index in [1.54, 1.807) is 61.7 Å². The molecule has 0 saturated carbocycles. The second-order valence-corrected chi connectivity index (χ2v) is 9.79. The van der Waals surface area contributed by atoms with Crippen LogP contribution in [0.15, 0.2) is 72.8 Å². The van der Waals surface area contributed by atoms with E-state index in [-0.39, 0.29) is 24.7 Å². The van der Waals surface area contributed by atoms with Crippen LogP contribution in [0, 0.1) is 5.82 Å². The molecule has 10 heteroatoms. The maximum Gasteiger partial charge on any atom is 0.303 e. The van der Waals surface area contributed by atoms with Crippen molar-refractivity contribution in [3.8, 4) is 11.5 Å². The number of anilines is 1. The fourth-order valence-electron chi connectivity index (χ4n) is 3.18. The Balaban J connectivity index is 1.61. The van der Waals surface area contributed by atoms with Crippen LogP contribution >= 0.6 is 0 Å². The number of methoxy groups -OCH3 is 1. The minimum Gasteiger partial charge on any atom is -0.497 e. The Kier molecular flexibility index (Phi) is 8.67. The van der Waals surface area contributed by atoms with Crippen LogP contribution in [0.3, 0.4) is 0 Å². The van der Waals surface area contributed by atoms with Crippen LogP contribution in [-0.2, 0) is 16.8 Å². The maximum atomic E-state index is 14.4. The lowest BCUT2D eigenvalue weighted by molar-refractivity contribution is 0.0947. The number of nitrogens with zero attached hydrogens (tertiary/aromatic N) is 2. The van der Waals surface area contributed by atoms with Crippen LogP contribution in [0.5, 0.6) is 11.5 Å². The van der Waals surface area contributed by atoms with Crippen molar-refractivity contribution < 1.29 is 27.1 Å². The molecule has 0 aliphatic carbocycles. The Bertz CT molecular complexity index is 1230. The van der Waals surface area contributed by atoms with Gasteiger partial charge in [0, 0.05) is 19.7 Å². The molecule has 0 aliphatic heterocycles. The van der Waals surface area contributed by atoms with Crippen molar-refractivity contribution in [2.24, 2.45) is 0 Å². The van der Waals surface area contributed by atoms with Crippen LogP contribution in [0.25, 0.3) is 0 Å². The van der Waals surface area contributed by atoms with Crippen LogP contribution in [0.1, 0.15) is 15.9 Å². The number of para-hydroxylation sites is 1. The van der Waals surface area contributed by atoms with Crippen LogP contribution < -0.4 is 19.1 Å². The average molecular weight is 502 g/mol. The second-order valence-electron chi connectivity index (χ2n) is 7.73. The van der Waals surface area contributed by atoms with E-state index >= 15 is 0 Å². The summed E-state index contributed by atoms with van der Waals surface area (Å²) < 4.78 is 52.8. The molecule has 0 radical (unpaired) electrons. The summed E-state index contributed by atoms with van der Waals surface area (Å²) in [4.78, 5) is 12.4. The zero-order chi connectivity index (χ0) is 25.4. The van der Waals surface area contributed by atoms with E-state index in [9.17, 15) is 17.6 Å². The van der Waals surface area contributed by atoms with E-state index in [1.165, 1.54) is 32.3 Å². The molecule has 186 valence electrons. The van der Waals surface area contributed by atoms with E-state index in [1.807, 2.05) is 0 Å². The van der Waals surface area contributed by atoms with Crippen molar-refractivity contribution in [3.05, 3.63) is 89.7 Å². The van der Waals surface area contributed by atoms with Crippen molar-refractivity contribution in [2.45, 2.75) is 6.54 Å². The molecule has 0 atom stereocenters. The highest BCUT2D eigenvalue weighted by Crippen LogP contribution is 2.25. The predicted molar refractivity (Wildman–Crippen MR) is 132 cm³/mol. The van der Waals surface area contributed by atoms with Crippen molar-refractivity contribution in [1.29, 1.82) is 0 Å². The summed E-state index contributed by atoms with van der Waals surface area (Å²) in [5.74, 6) is 0.453. The summed E-state index contributed by atoms with van der Waals surface area (Å²) in [6, 6.07) is 19.3. The molecule has 0 bridgehead atoms. The van der Waals surface area contributed by atoms with Gasteiger partial charge in [-0.3, -0.25) is 9.10 Å². The van der Waals surface area contributed by atoms with Crippen LogP contribution in [0.4, 0.5) is 10.1 Å². The highest BCUT2D eigenvalue weighted by Gasteiger charge is 2.27. The van der Waals surface area contributed by atoms with Crippen molar-refractivity contribution in [1.82, 2.24) is 9.62 Å². The molecular weight excluding hydrogens is 473 g/mol. The first-order chi connectivity index (χ1) is 16.7. The predicted octanol–water partition coefficient (Wildman–Crippen LogP) is 3.46. The van der Waals surface area contributed by atoms with Gasteiger partial charge in [-0.05, 0) is 54.1 Å². The average Bonchev–Trinajstić information content (AvgIpc) is 2.86. The molecule has 8 nitrogen and oxygen atoms in total. The van der Waals surface area contributed by atoms with Crippen molar-refractivity contribution >= 4 is 21.8 Å². The van der Waals surface area contributed by atoms with Gasteiger partial charge in [0.25, 0.3) is 5.91 Å². The number of hydrogen-bond acceptors (Lipinski definition) is 5. The van der Waals surface area contributed by atoms with Gasteiger partial charge in [0.2, 0.25) is 0 Å². The molecule has 0 aliphatic rings. The molecule has 0 unspecified atom stereocenters. The third-order valence-electron chi connectivity index (χ3n) is 5.12. The number of carbonyl (C=O) groups is 1. The summed E-state index contributed by atoms with van der Waals surface area (Å²) in [5.41, 5.74) is 0.948. The topological polar surface area (TPSA) is 88.2 Å². The minimum absolute atomic E-state index is 0.0557. The van der Waals surface area contributed by atoms with E-state index in [2.05, 4.69) is 5.32 Å². The van der Waals surface area contributed by atoms with Crippen molar-refractivity contribution in [2.75, 3.05) is 38.7 Å². The summed E-state index contributed by atoms with van der Waals surface area (Å²) >= 11 is 0. The molecule has 0 spiro atoms. The lowest BCUT2D eigenvalue weighted by atomic mass is 10.1. The largest absolute Gasteiger partial charge is 0.497 e. The van der Waals surface area contributed by atoms with Gasteiger partial charge < -0.3 is 14.8 Å². The summed E-state index contributed by atoms with van der Waals surface area (Å²) in [5, 5.41) is 2.77. The van der Waals surface area contributed by atoms with Gasteiger partial charge in [-0.15, -0.1) is 0 Å². The Morgan fingerprint density at radius 3 is 2.17 bits per heavy atom.